The van der Waals surface area contributed by atoms with Crippen molar-refractivity contribution in [2.75, 3.05) is 13.1 Å². The summed E-state index contributed by atoms with van der Waals surface area (Å²) in [5, 5.41) is 3.49. The lowest BCUT2D eigenvalue weighted by molar-refractivity contribution is 0.0611. The largest absolute Gasteiger partial charge is 0.330 e. The van der Waals surface area contributed by atoms with Crippen LogP contribution in [0.2, 0.25) is 0 Å². The standard InChI is InChI=1S/C24H31N3O/c28-24(20-9-6-8-19(16-20)21-10-7-14-25-17-21)27(23-12-2-1-3-13-23)18-22-11-4-5-15-26-22/h4-6,8-9,11,15-16,21,23,25H,1-3,7,10,12-14,17-18H2/t21-/m0/s1. The van der Waals surface area contributed by atoms with Gasteiger partial charge in [-0.1, -0.05) is 37.5 Å². The summed E-state index contributed by atoms with van der Waals surface area (Å²) in [6.45, 7) is 2.71. The van der Waals surface area contributed by atoms with Crippen LogP contribution in [0.15, 0.2) is 48.7 Å². The molecule has 28 heavy (non-hydrogen) atoms. The van der Waals surface area contributed by atoms with E-state index in [4.69, 9.17) is 0 Å². The molecule has 2 heterocycles. The molecule has 4 heteroatoms. The molecule has 1 aliphatic heterocycles. The van der Waals surface area contributed by atoms with Crippen LogP contribution in [0.1, 0.15) is 72.5 Å². The monoisotopic (exact) mass is 377 g/mol. The number of hydrogen-bond acceptors (Lipinski definition) is 3. The van der Waals surface area contributed by atoms with E-state index < -0.39 is 0 Å². The summed E-state index contributed by atoms with van der Waals surface area (Å²) in [6.07, 6.45) is 10.1. The van der Waals surface area contributed by atoms with E-state index >= 15 is 0 Å². The molecule has 1 aromatic carbocycles. The van der Waals surface area contributed by atoms with Crippen LogP contribution in [0.4, 0.5) is 0 Å². The lowest BCUT2D eigenvalue weighted by atomic mass is 9.90. The number of carbonyl (C=O) groups excluding carboxylic acids is 1. The maximum atomic E-state index is 13.6. The minimum atomic E-state index is 0.156. The van der Waals surface area contributed by atoms with Gasteiger partial charge in [0, 0.05) is 24.3 Å². The fourth-order valence-electron chi connectivity index (χ4n) is 4.65. The molecule has 1 amide bonds. The van der Waals surface area contributed by atoms with Gasteiger partial charge < -0.3 is 10.2 Å². The van der Waals surface area contributed by atoms with E-state index in [2.05, 4.69) is 33.4 Å². The molecule has 148 valence electrons. The Labute approximate surface area is 168 Å². The number of aromatic nitrogens is 1. The van der Waals surface area contributed by atoms with Crippen molar-refractivity contribution in [1.29, 1.82) is 0 Å². The second-order valence-electron chi connectivity index (χ2n) is 8.21. The molecule has 1 saturated heterocycles. The van der Waals surface area contributed by atoms with Gasteiger partial charge in [-0.15, -0.1) is 0 Å². The second-order valence-corrected chi connectivity index (χ2v) is 8.21. The van der Waals surface area contributed by atoms with Gasteiger partial charge in [0.25, 0.3) is 5.91 Å². The number of benzene rings is 1. The summed E-state index contributed by atoms with van der Waals surface area (Å²) < 4.78 is 0. The number of pyridine rings is 1. The Morgan fingerprint density at radius 3 is 2.68 bits per heavy atom. The molecule has 1 aliphatic carbocycles. The highest BCUT2D eigenvalue weighted by Gasteiger charge is 2.27. The molecule has 4 rings (SSSR count). The predicted molar refractivity (Wildman–Crippen MR) is 112 cm³/mol. The topological polar surface area (TPSA) is 45.2 Å². The molecule has 2 aromatic rings. The van der Waals surface area contributed by atoms with Crippen LogP contribution < -0.4 is 5.32 Å². The smallest absolute Gasteiger partial charge is 0.254 e. The molecule has 0 unspecified atom stereocenters. The van der Waals surface area contributed by atoms with Crippen LogP contribution in [0.3, 0.4) is 0 Å². The number of carbonyl (C=O) groups is 1. The molecule has 2 aliphatic rings. The van der Waals surface area contributed by atoms with Crippen LogP contribution in [-0.2, 0) is 6.54 Å². The summed E-state index contributed by atoms with van der Waals surface area (Å²) in [6, 6.07) is 14.6. The van der Waals surface area contributed by atoms with Gasteiger partial charge in [0.05, 0.1) is 12.2 Å². The van der Waals surface area contributed by atoms with E-state index in [0.717, 1.165) is 37.2 Å². The van der Waals surface area contributed by atoms with Gasteiger partial charge >= 0.3 is 0 Å². The van der Waals surface area contributed by atoms with Gasteiger partial charge in [-0.05, 0) is 68.0 Å². The zero-order chi connectivity index (χ0) is 19.2. The molecule has 0 spiro atoms. The highest BCUT2D eigenvalue weighted by Crippen LogP contribution is 2.28. The van der Waals surface area contributed by atoms with Gasteiger partial charge in [0.15, 0.2) is 0 Å². The van der Waals surface area contributed by atoms with Crippen LogP contribution >= 0.6 is 0 Å². The maximum absolute atomic E-state index is 13.6. The number of piperidine rings is 1. The molecule has 1 aromatic heterocycles. The summed E-state index contributed by atoms with van der Waals surface area (Å²) in [5.41, 5.74) is 3.08. The first-order chi connectivity index (χ1) is 13.8. The number of nitrogens with one attached hydrogen (secondary N) is 1. The van der Waals surface area contributed by atoms with Crippen molar-refractivity contribution < 1.29 is 4.79 Å². The molecule has 4 nitrogen and oxygen atoms in total. The average molecular weight is 378 g/mol. The number of rotatable bonds is 5. The molecule has 1 atom stereocenters. The fraction of sp³-hybridized carbons (Fsp3) is 0.500. The predicted octanol–water partition coefficient (Wildman–Crippen LogP) is 4.52. The summed E-state index contributed by atoms with van der Waals surface area (Å²) in [5.74, 6) is 0.670. The van der Waals surface area contributed by atoms with E-state index in [0.29, 0.717) is 18.5 Å². The first-order valence-corrected chi connectivity index (χ1v) is 10.8. The van der Waals surface area contributed by atoms with Gasteiger partial charge in [0.2, 0.25) is 0 Å². The Morgan fingerprint density at radius 2 is 1.93 bits per heavy atom. The zero-order valence-corrected chi connectivity index (χ0v) is 16.6. The van der Waals surface area contributed by atoms with Gasteiger partial charge in [-0.25, -0.2) is 0 Å². The minimum Gasteiger partial charge on any atom is -0.330 e. The maximum Gasteiger partial charge on any atom is 0.254 e. The molecule has 0 radical (unpaired) electrons. The normalized spacial score (nSPS) is 20.6. The van der Waals surface area contributed by atoms with E-state index in [1.165, 1.54) is 37.7 Å². The Bertz CT molecular complexity index is 764. The van der Waals surface area contributed by atoms with Gasteiger partial charge in [-0.2, -0.15) is 0 Å². The first kappa shape index (κ1) is 19.1. The van der Waals surface area contributed by atoms with E-state index in [1.807, 2.05) is 30.5 Å². The highest BCUT2D eigenvalue weighted by molar-refractivity contribution is 5.94. The summed E-state index contributed by atoms with van der Waals surface area (Å²) in [4.78, 5) is 20.1. The average Bonchev–Trinajstić information content (AvgIpc) is 2.79. The summed E-state index contributed by atoms with van der Waals surface area (Å²) in [7, 11) is 0. The minimum absolute atomic E-state index is 0.156. The van der Waals surface area contributed by atoms with Crippen molar-refractivity contribution in [3.63, 3.8) is 0 Å². The first-order valence-electron chi connectivity index (χ1n) is 10.8. The molecule has 1 saturated carbocycles. The third-order valence-corrected chi connectivity index (χ3v) is 6.24. The second kappa shape index (κ2) is 9.33. The highest BCUT2D eigenvalue weighted by atomic mass is 16.2. The van der Waals surface area contributed by atoms with Crippen LogP contribution in [-0.4, -0.2) is 34.9 Å². The van der Waals surface area contributed by atoms with Crippen molar-refractivity contribution in [2.45, 2.75) is 63.5 Å². The molecular weight excluding hydrogens is 346 g/mol. The molecule has 1 N–H and O–H groups in total. The van der Waals surface area contributed by atoms with Crippen LogP contribution in [0.5, 0.6) is 0 Å². The van der Waals surface area contributed by atoms with Crippen molar-refractivity contribution in [3.05, 3.63) is 65.5 Å². The van der Waals surface area contributed by atoms with E-state index in [-0.39, 0.29) is 5.91 Å². The van der Waals surface area contributed by atoms with Crippen LogP contribution in [0, 0.1) is 0 Å². The van der Waals surface area contributed by atoms with Gasteiger partial charge in [-0.3, -0.25) is 9.78 Å². The number of amides is 1. The Kier molecular flexibility index (Phi) is 6.38. The fourth-order valence-corrected chi connectivity index (χ4v) is 4.65. The number of nitrogens with zero attached hydrogens (tertiary/aromatic N) is 2. The van der Waals surface area contributed by atoms with Crippen molar-refractivity contribution in [2.24, 2.45) is 0 Å². The lowest BCUT2D eigenvalue weighted by Gasteiger charge is -2.34. The van der Waals surface area contributed by atoms with Gasteiger partial charge in [0.1, 0.15) is 0 Å². The third-order valence-electron chi connectivity index (χ3n) is 6.24. The Hall–Kier alpha value is -2.20. The molecular formula is C24H31N3O. The quantitative estimate of drug-likeness (QED) is 0.833. The van der Waals surface area contributed by atoms with Crippen molar-refractivity contribution in [3.8, 4) is 0 Å². The van der Waals surface area contributed by atoms with Crippen molar-refractivity contribution >= 4 is 5.91 Å². The van der Waals surface area contributed by atoms with E-state index in [9.17, 15) is 4.79 Å². The third kappa shape index (κ3) is 4.61. The SMILES string of the molecule is O=C(c1cccc([C@H]2CCCNC2)c1)N(Cc1ccccn1)C1CCCCC1. The Morgan fingerprint density at radius 1 is 1.04 bits per heavy atom. The lowest BCUT2D eigenvalue weighted by Crippen LogP contribution is -2.41. The Balaban J connectivity index is 1.57. The molecule has 2 fully saturated rings. The van der Waals surface area contributed by atoms with Crippen molar-refractivity contribution in [1.82, 2.24) is 15.2 Å². The van der Waals surface area contributed by atoms with Crippen LogP contribution in [0.25, 0.3) is 0 Å². The molecule has 0 bridgehead atoms. The number of hydrogen-bond donors (Lipinski definition) is 1. The zero-order valence-electron chi connectivity index (χ0n) is 16.6. The van der Waals surface area contributed by atoms with E-state index in [1.54, 1.807) is 0 Å². The summed E-state index contributed by atoms with van der Waals surface area (Å²) >= 11 is 0.